The topological polar surface area (TPSA) is 39.0 Å². The van der Waals surface area contributed by atoms with Crippen LogP contribution < -0.4 is 14.4 Å². The maximum atomic E-state index is 4.82. The molecule has 224 valence electrons. The van der Waals surface area contributed by atoms with Crippen LogP contribution in [0.5, 0.6) is 0 Å². The van der Waals surface area contributed by atoms with Crippen molar-refractivity contribution in [2.24, 2.45) is 0 Å². The van der Waals surface area contributed by atoms with E-state index in [2.05, 4.69) is 189 Å². The van der Waals surface area contributed by atoms with E-state index in [0.29, 0.717) is 0 Å². The van der Waals surface area contributed by atoms with Crippen molar-refractivity contribution in [1.82, 2.24) is 9.97 Å². The Bertz CT molecular complexity index is 2050. The van der Waals surface area contributed by atoms with Crippen LogP contribution in [0.4, 0.5) is 34.1 Å². The minimum absolute atomic E-state index is 0.867. The van der Waals surface area contributed by atoms with Crippen LogP contribution in [0.2, 0.25) is 0 Å². The van der Waals surface area contributed by atoms with Gasteiger partial charge in [-0.05, 0) is 91.0 Å². The lowest BCUT2D eigenvalue weighted by Crippen LogP contribution is -2.32. The molecule has 0 aliphatic rings. The number of pyridine rings is 1. The maximum Gasteiger partial charge on any atom is 0.306 e. The summed E-state index contributed by atoms with van der Waals surface area (Å²) >= 11 is 0. The van der Waals surface area contributed by atoms with Crippen LogP contribution in [0.3, 0.4) is 0 Å². The number of imidazole rings is 1. The number of fused-ring (bicyclic) bond motifs is 1. The number of nitrogens with one attached hydrogen (secondary N) is 1. The molecule has 0 saturated carbocycles. The summed E-state index contributed by atoms with van der Waals surface area (Å²) in [5.74, 6) is 0.940. The Morgan fingerprint density at radius 1 is 0.426 bits per heavy atom. The van der Waals surface area contributed by atoms with Crippen molar-refractivity contribution >= 4 is 45.3 Å². The Labute approximate surface area is 274 Å². The lowest BCUT2D eigenvalue weighted by molar-refractivity contribution is -0.557. The molecule has 0 aliphatic heterocycles. The van der Waals surface area contributed by atoms with Crippen molar-refractivity contribution in [3.8, 4) is 17.1 Å². The fourth-order valence-electron chi connectivity index (χ4n) is 6.18. The summed E-state index contributed by atoms with van der Waals surface area (Å²) in [6.07, 6.45) is 1.85. The predicted octanol–water partition coefficient (Wildman–Crippen LogP) is 10.4. The Morgan fingerprint density at radius 3 is 1.30 bits per heavy atom. The molecule has 5 nitrogen and oxygen atoms in total. The molecule has 0 aliphatic carbocycles. The summed E-state index contributed by atoms with van der Waals surface area (Å²) in [7, 11) is 0. The highest BCUT2D eigenvalue weighted by atomic mass is 15.2. The van der Waals surface area contributed by atoms with Crippen molar-refractivity contribution in [1.29, 1.82) is 0 Å². The van der Waals surface area contributed by atoms with Crippen LogP contribution in [0, 0.1) is 0 Å². The van der Waals surface area contributed by atoms with E-state index in [-0.39, 0.29) is 0 Å². The van der Waals surface area contributed by atoms with Gasteiger partial charge in [0, 0.05) is 34.1 Å². The van der Waals surface area contributed by atoms with E-state index in [1.165, 1.54) is 0 Å². The average molecular weight is 607 g/mol. The zero-order valence-corrected chi connectivity index (χ0v) is 25.7. The minimum Gasteiger partial charge on any atom is -0.310 e. The summed E-state index contributed by atoms with van der Waals surface area (Å²) in [6.45, 7) is 0. The number of H-pyrrole nitrogens is 1. The quantitative estimate of drug-likeness (QED) is 0.175. The second kappa shape index (κ2) is 12.5. The van der Waals surface area contributed by atoms with Crippen LogP contribution in [-0.2, 0) is 0 Å². The van der Waals surface area contributed by atoms with E-state index >= 15 is 0 Å². The van der Waals surface area contributed by atoms with E-state index in [4.69, 9.17) is 4.98 Å². The van der Waals surface area contributed by atoms with Crippen molar-refractivity contribution in [3.05, 3.63) is 188 Å². The molecule has 0 bridgehead atoms. The molecule has 0 unspecified atom stereocenters. The lowest BCUT2D eigenvalue weighted by Gasteiger charge is -2.30. The fourth-order valence-corrected chi connectivity index (χ4v) is 6.18. The normalized spacial score (nSPS) is 11.0. The van der Waals surface area contributed by atoms with Gasteiger partial charge < -0.3 is 9.80 Å². The number of benzene rings is 6. The van der Waals surface area contributed by atoms with Gasteiger partial charge in [-0.2, -0.15) is 4.57 Å². The first-order valence-electron chi connectivity index (χ1n) is 15.7. The van der Waals surface area contributed by atoms with E-state index in [1.54, 1.807) is 0 Å². The van der Waals surface area contributed by atoms with Crippen LogP contribution in [0.15, 0.2) is 188 Å². The molecular weight excluding hydrogens is 574 g/mol. The minimum atomic E-state index is 0.867. The van der Waals surface area contributed by atoms with E-state index < -0.39 is 0 Å². The molecule has 47 heavy (non-hydrogen) atoms. The monoisotopic (exact) mass is 606 g/mol. The number of hydrogen-bond acceptors (Lipinski definition) is 3. The Hall–Kier alpha value is -6.46. The zero-order valence-electron chi connectivity index (χ0n) is 25.7. The largest absolute Gasteiger partial charge is 0.310 e. The second-order valence-electron chi connectivity index (χ2n) is 11.3. The van der Waals surface area contributed by atoms with Gasteiger partial charge in [-0.25, -0.2) is 0 Å². The highest BCUT2D eigenvalue weighted by molar-refractivity contribution is 5.87. The molecule has 0 fully saturated rings. The highest BCUT2D eigenvalue weighted by Crippen LogP contribution is 2.42. The van der Waals surface area contributed by atoms with Gasteiger partial charge >= 0.3 is 5.65 Å². The number of anilines is 6. The van der Waals surface area contributed by atoms with Crippen LogP contribution >= 0.6 is 0 Å². The van der Waals surface area contributed by atoms with Gasteiger partial charge in [0.1, 0.15) is 11.9 Å². The summed E-state index contributed by atoms with van der Waals surface area (Å²) in [5.41, 5.74) is 10.2. The molecule has 5 heteroatoms. The number of hydrogen-bond donors (Lipinski definition) is 1. The summed E-state index contributed by atoms with van der Waals surface area (Å²) in [6, 6.07) is 63.4. The Balaban J connectivity index is 1.44. The van der Waals surface area contributed by atoms with Crippen LogP contribution in [0.1, 0.15) is 0 Å². The van der Waals surface area contributed by atoms with Gasteiger partial charge in [-0.1, -0.05) is 91.0 Å². The van der Waals surface area contributed by atoms with Gasteiger partial charge in [-0.15, -0.1) is 4.98 Å². The third kappa shape index (κ3) is 5.51. The standard InChI is InChI=1S/C42H31N5/c1-6-17-33(18-7-1)45(34-19-8-2-9-20-34)38-29-32(41-44-40-27-16-28-43-42(40)47(41)37-25-14-5-15-26-37)30-39(31-38)46(35-21-10-3-11-22-35)36-23-12-4-13-24-36/h1-31H/p+1. The van der Waals surface area contributed by atoms with E-state index in [1.807, 2.05) is 18.3 Å². The van der Waals surface area contributed by atoms with Crippen molar-refractivity contribution < 1.29 is 4.57 Å². The number of aromatic nitrogens is 3. The molecule has 2 heterocycles. The van der Waals surface area contributed by atoms with Gasteiger partial charge in [0.05, 0.1) is 5.56 Å². The molecular formula is C42H32N5+. The van der Waals surface area contributed by atoms with Gasteiger partial charge in [-0.3, -0.25) is 4.98 Å². The first-order chi connectivity index (χ1) is 23.3. The lowest BCUT2D eigenvalue weighted by atomic mass is 10.1. The van der Waals surface area contributed by atoms with Gasteiger partial charge in [0.15, 0.2) is 5.52 Å². The third-order valence-electron chi connectivity index (χ3n) is 8.24. The van der Waals surface area contributed by atoms with Gasteiger partial charge in [0.2, 0.25) is 5.82 Å². The van der Waals surface area contributed by atoms with Crippen LogP contribution in [-0.4, -0.2) is 9.97 Å². The predicted molar refractivity (Wildman–Crippen MR) is 192 cm³/mol. The highest BCUT2D eigenvalue weighted by Gasteiger charge is 2.25. The Morgan fingerprint density at radius 2 is 0.851 bits per heavy atom. The summed E-state index contributed by atoms with van der Waals surface area (Å²) in [5, 5.41) is 0. The number of nitrogens with zero attached hydrogens (tertiary/aromatic N) is 4. The molecule has 8 rings (SSSR count). The molecule has 2 aromatic heterocycles. The molecule has 1 N–H and O–H groups in total. The molecule has 0 amide bonds. The number of para-hydroxylation sites is 5. The molecule has 8 aromatic rings. The molecule has 0 radical (unpaired) electrons. The SMILES string of the molecule is c1ccc(N(c2ccccc2)c2cc(-c3[nH]c4cccnc4[n+]3-c3ccccc3)cc(N(c3ccccc3)c3ccccc3)c2)cc1. The van der Waals surface area contributed by atoms with Gasteiger partial charge in [0.25, 0.3) is 0 Å². The number of aromatic amines is 1. The maximum absolute atomic E-state index is 4.82. The molecule has 0 spiro atoms. The van der Waals surface area contributed by atoms with E-state index in [0.717, 1.165) is 62.4 Å². The Kier molecular flexibility index (Phi) is 7.46. The molecule has 0 atom stereocenters. The second-order valence-corrected chi connectivity index (χ2v) is 11.3. The van der Waals surface area contributed by atoms with Crippen molar-refractivity contribution in [2.75, 3.05) is 9.80 Å². The summed E-state index contributed by atoms with van der Waals surface area (Å²) < 4.78 is 2.21. The van der Waals surface area contributed by atoms with E-state index in [9.17, 15) is 0 Å². The average Bonchev–Trinajstić information content (AvgIpc) is 3.54. The van der Waals surface area contributed by atoms with Crippen LogP contribution in [0.25, 0.3) is 28.2 Å². The molecule has 0 saturated heterocycles. The summed E-state index contributed by atoms with van der Waals surface area (Å²) in [4.78, 5) is 13.2. The first-order valence-corrected chi connectivity index (χ1v) is 15.7. The third-order valence-corrected chi connectivity index (χ3v) is 8.24. The fraction of sp³-hybridized carbons (Fsp3) is 0. The molecule has 6 aromatic carbocycles. The first kappa shape index (κ1) is 28.0. The number of rotatable bonds is 8. The zero-order chi connectivity index (χ0) is 31.4. The van der Waals surface area contributed by atoms with Crippen molar-refractivity contribution in [3.63, 3.8) is 0 Å². The smallest absolute Gasteiger partial charge is 0.306 e. The van der Waals surface area contributed by atoms with Crippen molar-refractivity contribution in [2.45, 2.75) is 0 Å².